The molecule has 2 heteroatoms. The lowest BCUT2D eigenvalue weighted by atomic mass is 10.1. The molecule has 94 valence electrons. The highest BCUT2D eigenvalue weighted by Gasteiger charge is 2.24. The van der Waals surface area contributed by atoms with Crippen LogP contribution in [0.4, 0.5) is 4.39 Å². The maximum Gasteiger partial charge on any atom is 0.126 e. The highest BCUT2D eigenvalue weighted by atomic mass is 19.1. The summed E-state index contributed by atoms with van der Waals surface area (Å²) in [7, 11) is 0. The second-order valence-corrected chi connectivity index (χ2v) is 5.25. The van der Waals surface area contributed by atoms with Crippen LogP contribution in [0.3, 0.4) is 0 Å². The summed E-state index contributed by atoms with van der Waals surface area (Å²) in [6.45, 7) is 4.80. The van der Waals surface area contributed by atoms with Crippen molar-refractivity contribution in [1.29, 1.82) is 0 Å². The van der Waals surface area contributed by atoms with Crippen LogP contribution in [0.5, 0.6) is 0 Å². The summed E-state index contributed by atoms with van der Waals surface area (Å²) in [5.41, 5.74) is 1.76. The number of aryl methyl sites for hydroxylation is 1. The minimum Gasteiger partial charge on any atom is -0.310 e. The van der Waals surface area contributed by atoms with Gasteiger partial charge in [0.25, 0.3) is 0 Å². The average Bonchev–Trinajstić information content (AvgIpc) is 3.12. The van der Waals surface area contributed by atoms with Crippen LogP contribution >= 0.6 is 0 Å². The fraction of sp³-hybridized carbons (Fsp3) is 0.600. The second-order valence-electron chi connectivity index (χ2n) is 5.25. The molecule has 0 radical (unpaired) electrons. The molecule has 0 spiro atoms. The molecule has 0 aliphatic heterocycles. The summed E-state index contributed by atoms with van der Waals surface area (Å²) in [5, 5.41) is 3.54. The predicted octanol–water partition coefficient (Wildman–Crippen LogP) is 3.80. The summed E-state index contributed by atoms with van der Waals surface area (Å²) < 4.78 is 13.4. The van der Waals surface area contributed by atoms with Gasteiger partial charge in [0.15, 0.2) is 0 Å². The van der Waals surface area contributed by atoms with Crippen molar-refractivity contribution in [3.8, 4) is 0 Å². The van der Waals surface area contributed by atoms with Gasteiger partial charge in [-0.25, -0.2) is 4.39 Å². The highest BCUT2D eigenvalue weighted by Crippen LogP contribution is 2.34. The van der Waals surface area contributed by atoms with Crippen LogP contribution in [0, 0.1) is 18.7 Å². The third-order valence-electron chi connectivity index (χ3n) is 3.64. The Labute approximate surface area is 103 Å². The van der Waals surface area contributed by atoms with E-state index in [9.17, 15) is 4.39 Å². The van der Waals surface area contributed by atoms with Crippen LogP contribution < -0.4 is 5.32 Å². The Morgan fingerprint density at radius 3 is 2.76 bits per heavy atom. The van der Waals surface area contributed by atoms with Crippen LogP contribution in [0.15, 0.2) is 18.2 Å². The predicted molar refractivity (Wildman–Crippen MR) is 69.4 cm³/mol. The molecule has 1 unspecified atom stereocenters. The van der Waals surface area contributed by atoms with E-state index < -0.39 is 0 Å². The zero-order chi connectivity index (χ0) is 12.3. The van der Waals surface area contributed by atoms with E-state index in [1.54, 1.807) is 13.0 Å². The number of halogens is 1. The molecule has 0 aromatic heterocycles. The Hall–Kier alpha value is -0.890. The third-order valence-corrected chi connectivity index (χ3v) is 3.64. The van der Waals surface area contributed by atoms with Crippen molar-refractivity contribution in [3.63, 3.8) is 0 Å². The second kappa shape index (κ2) is 5.63. The molecule has 1 nitrogen and oxygen atoms in total. The van der Waals surface area contributed by atoms with E-state index in [4.69, 9.17) is 0 Å². The molecule has 0 saturated heterocycles. The summed E-state index contributed by atoms with van der Waals surface area (Å²) in [5.74, 6) is 0.849. The van der Waals surface area contributed by atoms with Gasteiger partial charge in [0, 0.05) is 12.6 Å². The maximum absolute atomic E-state index is 13.4. The maximum atomic E-state index is 13.4. The van der Waals surface area contributed by atoms with Gasteiger partial charge >= 0.3 is 0 Å². The number of hydrogen-bond acceptors (Lipinski definition) is 1. The standard InChI is InChI=1S/C15H22FN/c1-3-14(8-12-6-7-12)17-10-13-5-4-11(2)15(16)9-13/h4-5,9,12,14,17H,3,6-8,10H2,1-2H3. The first kappa shape index (κ1) is 12.6. The van der Waals surface area contributed by atoms with Crippen molar-refractivity contribution < 1.29 is 4.39 Å². The average molecular weight is 235 g/mol. The van der Waals surface area contributed by atoms with Gasteiger partial charge in [0.05, 0.1) is 0 Å². The van der Waals surface area contributed by atoms with E-state index in [1.807, 2.05) is 12.1 Å². The summed E-state index contributed by atoms with van der Waals surface area (Å²) in [6, 6.07) is 6.10. The van der Waals surface area contributed by atoms with Crippen LogP contribution in [-0.2, 0) is 6.54 Å². The first-order valence-corrected chi connectivity index (χ1v) is 6.67. The van der Waals surface area contributed by atoms with Crippen molar-refractivity contribution >= 4 is 0 Å². The Kier molecular flexibility index (Phi) is 4.16. The monoisotopic (exact) mass is 235 g/mol. The fourth-order valence-electron chi connectivity index (χ4n) is 2.16. The lowest BCUT2D eigenvalue weighted by Crippen LogP contribution is -2.28. The zero-order valence-electron chi connectivity index (χ0n) is 10.8. The normalized spacial score (nSPS) is 17.1. The first-order chi connectivity index (χ1) is 8.19. The van der Waals surface area contributed by atoms with Gasteiger partial charge in [-0.2, -0.15) is 0 Å². The molecule has 1 aliphatic carbocycles. The summed E-state index contributed by atoms with van der Waals surface area (Å²) in [6.07, 6.45) is 5.24. The molecule has 1 aromatic rings. The quantitative estimate of drug-likeness (QED) is 0.790. The SMILES string of the molecule is CCC(CC1CC1)NCc1ccc(C)c(F)c1. The minimum atomic E-state index is -0.0976. The molecule has 1 saturated carbocycles. The zero-order valence-corrected chi connectivity index (χ0v) is 10.8. The van der Waals surface area contributed by atoms with Gasteiger partial charge in [-0.15, -0.1) is 0 Å². The van der Waals surface area contributed by atoms with Gasteiger partial charge in [-0.3, -0.25) is 0 Å². The van der Waals surface area contributed by atoms with E-state index in [1.165, 1.54) is 19.3 Å². The largest absolute Gasteiger partial charge is 0.310 e. The van der Waals surface area contributed by atoms with Crippen LogP contribution in [0.1, 0.15) is 43.7 Å². The number of nitrogens with one attached hydrogen (secondary N) is 1. The number of hydrogen-bond donors (Lipinski definition) is 1. The van der Waals surface area contributed by atoms with Crippen molar-refractivity contribution in [2.24, 2.45) is 5.92 Å². The van der Waals surface area contributed by atoms with E-state index >= 15 is 0 Å². The Morgan fingerprint density at radius 1 is 1.41 bits per heavy atom. The first-order valence-electron chi connectivity index (χ1n) is 6.67. The fourth-order valence-corrected chi connectivity index (χ4v) is 2.16. The Bertz CT molecular complexity index is 371. The van der Waals surface area contributed by atoms with Gasteiger partial charge in [-0.1, -0.05) is 31.9 Å². The Morgan fingerprint density at radius 2 is 2.18 bits per heavy atom. The Balaban J connectivity index is 1.84. The molecule has 0 heterocycles. The molecule has 1 aromatic carbocycles. The molecule has 17 heavy (non-hydrogen) atoms. The summed E-state index contributed by atoms with van der Waals surface area (Å²) in [4.78, 5) is 0. The van der Waals surface area contributed by atoms with Crippen molar-refractivity contribution in [1.82, 2.24) is 5.32 Å². The van der Waals surface area contributed by atoms with E-state index in [2.05, 4.69) is 12.2 Å². The molecule has 1 atom stereocenters. The van der Waals surface area contributed by atoms with Gasteiger partial charge in [-0.05, 0) is 42.9 Å². The number of benzene rings is 1. The molecule has 1 N–H and O–H groups in total. The lowest BCUT2D eigenvalue weighted by Gasteiger charge is -2.16. The van der Waals surface area contributed by atoms with Gasteiger partial charge in [0.2, 0.25) is 0 Å². The van der Waals surface area contributed by atoms with Crippen LogP contribution in [0.25, 0.3) is 0 Å². The third kappa shape index (κ3) is 3.81. The molecule has 1 fully saturated rings. The number of rotatable bonds is 6. The topological polar surface area (TPSA) is 12.0 Å². The van der Waals surface area contributed by atoms with Crippen molar-refractivity contribution in [3.05, 3.63) is 35.1 Å². The van der Waals surface area contributed by atoms with Gasteiger partial charge in [0.1, 0.15) is 5.82 Å². The summed E-state index contributed by atoms with van der Waals surface area (Å²) >= 11 is 0. The molecule has 1 aliphatic rings. The molecular weight excluding hydrogens is 213 g/mol. The molecular formula is C15H22FN. The van der Waals surface area contributed by atoms with Crippen LogP contribution in [0.2, 0.25) is 0 Å². The van der Waals surface area contributed by atoms with E-state index in [-0.39, 0.29) is 5.82 Å². The lowest BCUT2D eigenvalue weighted by molar-refractivity contribution is 0.444. The smallest absolute Gasteiger partial charge is 0.126 e. The molecule has 2 rings (SSSR count). The minimum absolute atomic E-state index is 0.0976. The van der Waals surface area contributed by atoms with Crippen LogP contribution in [-0.4, -0.2) is 6.04 Å². The molecule has 0 bridgehead atoms. The molecule has 0 amide bonds. The van der Waals surface area contributed by atoms with E-state index in [0.29, 0.717) is 6.04 Å². The van der Waals surface area contributed by atoms with Gasteiger partial charge < -0.3 is 5.32 Å². The highest BCUT2D eigenvalue weighted by molar-refractivity contribution is 5.23. The van der Waals surface area contributed by atoms with E-state index in [0.717, 1.165) is 30.0 Å². The van der Waals surface area contributed by atoms with Crippen molar-refractivity contribution in [2.45, 2.75) is 52.1 Å². The van der Waals surface area contributed by atoms with Crippen molar-refractivity contribution in [2.75, 3.05) is 0 Å².